The number of rotatable bonds is 9. The Morgan fingerprint density at radius 1 is 1.00 bits per heavy atom. The Kier molecular flexibility index (Phi) is 7.65. The summed E-state index contributed by atoms with van der Waals surface area (Å²) in [7, 11) is 1.95. The first-order valence-corrected chi connectivity index (χ1v) is 6.60. The molecule has 0 saturated heterocycles. The summed E-state index contributed by atoms with van der Waals surface area (Å²) in [5.41, 5.74) is 2.50. The van der Waals surface area contributed by atoms with Crippen molar-refractivity contribution < 1.29 is 9.47 Å². The summed E-state index contributed by atoms with van der Waals surface area (Å²) >= 11 is 0. The Bertz CT molecular complexity index is 309. The molecule has 0 spiro atoms. The molecule has 0 bridgehead atoms. The van der Waals surface area contributed by atoms with E-state index in [1.165, 1.54) is 11.1 Å². The lowest BCUT2D eigenvalue weighted by atomic mass is 10.1. The van der Waals surface area contributed by atoms with Crippen molar-refractivity contribution in [3.63, 3.8) is 0 Å². The highest BCUT2D eigenvalue weighted by molar-refractivity contribution is 5.21. The highest BCUT2D eigenvalue weighted by Crippen LogP contribution is 2.05. The second kappa shape index (κ2) is 9.09. The van der Waals surface area contributed by atoms with E-state index in [0.717, 1.165) is 13.2 Å². The molecule has 0 amide bonds. The molecule has 1 rings (SSSR count). The smallest absolute Gasteiger partial charge is 0.0718 e. The van der Waals surface area contributed by atoms with Gasteiger partial charge in [-0.05, 0) is 24.1 Å². The van der Waals surface area contributed by atoms with Crippen LogP contribution in [0.4, 0.5) is 0 Å². The molecule has 102 valence electrons. The lowest BCUT2D eigenvalue weighted by Gasteiger charge is -2.08. The molecule has 0 saturated carbocycles. The molecule has 1 N–H and O–H groups in total. The zero-order valence-electron chi connectivity index (χ0n) is 11.7. The summed E-state index contributed by atoms with van der Waals surface area (Å²) in [6, 6.07) is 8.48. The molecule has 0 aromatic heterocycles. The molecule has 18 heavy (non-hydrogen) atoms. The van der Waals surface area contributed by atoms with E-state index in [1.807, 2.05) is 7.05 Å². The van der Waals surface area contributed by atoms with E-state index in [1.54, 1.807) is 0 Å². The SMILES string of the molecule is CNCc1ccc(COCCOCC(C)C)cc1. The summed E-state index contributed by atoms with van der Waals surface area (Å²) in [4.78, 5) is 0. The van der Waals surface area contributed by atoms with Crippen LogP contribution in [0.15, 0.2) is 24.3 Å². The average molecular weight is 251 g/mol. The fraction of sp³-hybridized carbons (Fsp3) is 0.600. The number of benzene rings is 1. The van der Waals surface area contributed by atoms with Gasteiger partial charge in [0, 0.05) is 13.2 Å². The third-order valence-corrected chi connectivity index (χ3v) is 2.50. The maximum absolute atomic E-state index is 5.56. The first-order valence-electron chi connectivity index (χ1n) is 6.60. The number of nitrogens with one attached hydrogen (secondary N) is 1. The van der Waals surface area contributed by atoms with Crippen LogP contribution in [-0.2, 0) is 22.6 Å². The lowest BCUT2D eigenvalue weighted by molar-refractivity contribution is 0.0314. The quantitative estimate of drug-likeness (QED) is 0.684. The van der Waals surface area contributed by atoms with E-state index in [2.05, 4.69) is 43.4 Å². The molecule has 0 aliphatic carbocycles. The van der Waals surface area contributed by atoms with Gasteiger partial charge in [0.25, 0.3) is 0 Å². The summed E-state index contributed by atoms with van der Waals surface area (Å²) in [5.74, 6) is 0.588. The Balaban J connectivity index is 2.11. The zero-order valence-corrected chi connectivity index (χ0v) is 11.7. The van der Waals surface area contributed by atoms with Crippen molar-refractivity contribution in [1.82, 2.24) is 5.32 Å². The molecule has 0 aliphatic heterocycles. The Labute approximate surface area is 110 Å². The monoisotopic (exact) mass is 251 g/mol. The van der Waals surface area contributed by atoms with Crippen molar-refractivity contribution in [1.29, 1.82) is 0 Å². The van der Waals surface area contributed by atoms with Gasteiger partial charge in [-0.15, -0.1) is 0 Å². The summed E-state index contributed by atoms with van der Waals surface area (Å²) in [5, 5.41) is 3.13. The standard InChI is InChI=1S/C15H25NO2/c1-13(2)11-17-8-9-18-12-15-6-4-14(5-7-15)10-16-3/h4-7,13,16H,8-12H2,1-3H3. The van der Waals surface area contributed by atoms with Gasteiger partial charge in [0.1, 0.15) is 0 Å². The van der Waals surface area contributed by atoms with E-state index in [9.17, 15) is 0 Å². The van der Waals surface area contributed by atoms with Gasteiger partial charge < -0.3 is 14.8 Å². The lowest BCUT2D eigenvalue weighted by Crippen LogP contribution is -2.08. The first-order chi connectivity index (χ1) is 8.72. The van der Waals surface area contributed by atoms with Crippen LogP contribution in [0, 0.1) is 5.92 Å². The summed E-state index contributed by atoms with van der Waals surface area (Å²) < 4.78 is 11.0. The molecular weight excluding hydrogens is 226 g/mol. The molecular formula is C15H25NO2. The highest BCUT2D eigenvalue weighted by atomic mass is 16.5. The van der Waals surface area contributed by atoms with E-state index in [-0.39, 0.29) is 0 Å². The van der Waals surface area contributed by atoms with Crippen molar-refractivity contribution in [2.75, 3.05) is 26.9 Å². The van der Waals surface area contributed by atoms with Crippen molar-refractivity contribution in [3.05, 3.63) is 35.4 Å². The van der Waals surface area contributed by atoms with Gasteiger partial charge in [0.15, 0.2) is 0 Å². The zero-order chi connectivity index (χ0) is 13.2. The minimum absolute atomic E-state index is 0.588. The predicted octanol–water partition coefficient (Wildman–Crippen LogP) is 2.60. The summed E-state index contributed by atoms with van der Waals surface area (Å²) in [6.45, 7) is 8.00. The molecule has 1 aromatic carbocycles. The van der Waals surface area contributed by atoms with Crippen molar-refractivity contribution in [2.45, 2.75) is 27.0 Å². The van der Waals surface area contributed by atoms with Gasteiger partial charge in [0.05, 0.1) is 19.8 Å². The van der Waals surface area contributed by atoms with Gasteiger partial charge in [-0.2, -0.15) is 0 Å². The Morgan fingerprint density at radius 2 is 1.61 bits per heavy atom. The first kappa shape index (κ1) is 15.2. The van der Waals surface area contributed by atoms with Crippen LogP contribution >= 0.6 is 0 Å². The Morgan fingerprint density at radius 3 is 2.22 bits per heavy atom. The molecule has 0 radical (unpaired) electrons. The fourth-order valence-corrected chi connectivity index (χ4v) is 1.58. The van der Waals surface area contributed by atoms with Gasteiger partial charge in [-0.25, -0.2) is 0 Å². The van der Waals surface area contributed by atoms with Gasteiger partial charge in [-0.1, -0.05) is 38.1 Å². The van der Waals surface area contributed by atoms with Crippen molar-refractivity contribution >= 4 is 0 Å². The fourth-order valence-electron chi connectivity index (χ4n) is 1.58. The minimum Gasteiger partial charge on any atom is -0.379 e. The van der Waals surface area contributed by atoms with Gasteiger partial charge >= 0.3 is 0 Å². The molecule has 0 aliphatic rings. The topological polar surface area (TPSA) is 30.5 Å². The normalized spacial score (nSPS) is 11.1. The predicted molar refractivity (Wildman–Crippen MR) is 74.5 cm³/mol. The number of ether oxygens (including phenoxy) is 2. The molecule has 3 nitrogen and oxygen atoms in total. The molecule has 0 atom stereocenters. The average Bonchev–Trinajstić information content (AvgIpc) is 2.35. The molecule has 0 unspecified atom stereocenters. The van der Waals surface area contributed by atoms with Crippen LogP contribution in [-0.4, -0.2) is 26.9 Å². The number of hydrogen-bond acceptors (Lipinski definition) is 3. The maximum Gasteiger partial charge on any atom is 0.0718 e. The number of hydrogen-bond donors (Lipinski definition) is 1. The van der Waals surface area contributed by atoms with Gasteiger partial charge in [0.2, 0.25) is 0 Å². The van der Waals surface area contributed by atoms with Crippen LogP contribution in [0.25, 0.3) is 0 Å². The van der Waals surface area contributed by atoms with Crippen LogP contribution in [0.5, 0.6) is 0 Å². The van der Waals surface area contributed by atoms with Crippen molar-refractivity contribution in [3.8, 4) is 0 Å². The van der Waals surface area contributed by atoms with E-state index in [0.29, 0.717) is 25.7 Å². The molecule has 0 fully saturated rings. The highest BCUT2D eigenvalue weighted by Gasteiger charge is 1.96. The minimum atomic E-state index is 0.588. The molecule has 0 heterocycles. The second-order valence-corrected chi connectivity index (χ2v) is 4.87. The van der Waals surface area contributed by atoms with Crippen LogP contribution in [0.3, 0.4) is 0 Å². The van der Waals surface area contributed by atoms with Gasteiger partial charge in [-0.3, -0.25) is 0 Å². The third kappa shape index (κ3) is 6.74. The largest absolute Gasteiger partial charge is 0.379 e. The van der Waals surface area contributed by atoms with E-state index in [4.69, 9.17) is 9.47 Å². The third-order valence-electron chi connectivity index (χ3n) is 2.50. The van der Waals surface area contributed by atoms with Crippen LogP contribution < -0.4 is 5.32 Å². The van der Waals surface area contributed by atoms with E-state index >= 15 is 0 Å². The maximum atomic E-state index is 5.56. The van der Waals surface area contributed by atoms with Crippen molar-refractivity contribution in [2.24, 2.45) is 5.92 Å². The summed E-state index contributed by atoms with van der Waals surface area (Å²) in [6.07, 6.45) is 0. The molecule has 3 heteroatoms. The van der Waals surface area contributed by atoms with Crippen LogP contribution in [0.1, 0.15) is 25.0 Å². The second-order valence-electron chi connectivity index (χ2n) is 4.87. The van der Waals surface area contributed by atoms with Crippen LogP contribution in [0.2, 0.25) is 0 Å². The molecule has 1 aromatic rings. The van der Waals surface area contributed by atoms with E-state index < -0.39 is 0 Å². The Hall–Kier alpha value is -0.900.